The molecule has 0 amide bonds. The SMILES string of the molecule is CS(=O)c1cccc(-c2nc3cc(Nc4cc(C5CCOCC5)nc(N5CCNCC5)n4)ncc3s2)c1. The van der Waals surface area contributed by atoms with Crippen LogP contribution in [0.15, 0.2) is 47.5 Å². The fourth-order valence-electron chi connectivity index (χ4n) is 4.69. The molecule has 3 aromatic heterocycles. The van der Waals surface area contributed by atoms with Crippen molar-refractivity contribution in [2.75, 3.05) is 55.9 Å². The van der Waals surface area contributed by atoms with E-state index >= 15 is 0 Å². The largest absolute Gasteiger partial charge is 0.381 e. The Bertz CT molecular complexity index is 1400. The maximum absolute atomic E-state index is 11.9. The molecule has 2 saturated heterocycles. The van der Waals surface area contributed by atoms with Gasteiger partial charge < -0.3 is 20.3 Å². The number of hydrogen-bond acceptors (Lipinski definition) is 10. The van der Waals surface area contributed by atoms with Gasteiger partial charge in [0.2, 0.25) is 5.95 Å². The second-order valence-electron chi connectivity index (χ2n) is 9.26. The van der Waals surface area contributed by atoms with Crippen LogP contribution in [0.3, 0.4) is 0 Å². The van der Waals surface area contributed by atoms with Crippen molar-refractivity contribution in [2.24, 2.45) is 0 Å². The molecule has 2 aliphatic heterocycles. The van der Waals surface area contributed by atoms with Gasteiger partial charge in [-0.1, -0.05) is 12.1 Å². The summed E-state index contributed by atoms with van der Waals surface area (Å²) in [5, 5.41) is 7.69. The molecule has 0 radical (unpaired) electrons. The van der Waals surface area contributed by atoms with Gasteiger partial charge in [0.15, 0.2) is 0 Å². The van der Waals surface area contributed by atoms with Gasteiger partial charge >= 0.3 is 0 Å². The summed E-state index contributed by atoms with van der Waals surface area (Å²) in [5.74, 6) is 2.56. The van der Waals surface area contributed by atoms with Gasteiger partial charge in [-0.3, -0.25) is 4.21 Å². The van der Waals surface area contributed by atoms with Gasteiger partial charge in [-0.2, -0.15) is 4.98 Å². The average molecular weight is 536 g/mol. The number of pyridine rings is 1. The Morgan fingerprint density at radius 1 is 1.08 bits per heavy atom. The second kappa shape index (κ2) is 10.8. The summed E-state index contributed by atoms with van der Waals surface area (Å²) in [4.78, 5) is 22.4. The molecule has 5 heterocycles. The number of fused-ring (bicyclic) bond motifs is 1. The van der Waals surface area contributed by atoms with Crippen molar-refractivity contribution in [1.82, 2.24) is 25.3 Å². The lowest BCUT2D eigenvalue weighted by molar-refractivity contribution is 0.0845. The Morgan fingerprint density at radius 3 is 2.73 bits per heavy atom. The molecule has 1 atom stereocenters. The van der Waals surface area contributed by atoms with Gasteiger partial charge in [-0.15, -0.1) is 11.3 Å². The normalized spacial score (nSPS) is 17.7. The molecular formula is C26H29N7O2S2. The Morgan fingerprint density at radius 2 is 1.92 bits per heavy atom. The number of ether oxygens (including phenoxy) is 1. The fraction of sp³-hybridized carbons (Fsp3) is 0.385. The minimum atomic E-state index is -1.04. The van der Waals surface area contributed by atoms with Crippen LogP contribution < -0.4 is 15.5 Å². The first kappa shape index (κ1) is 24.4. The van der Waals surface area contributed by atoms with E-state index in [0.717, 1.165) is 95.4 Å². The third kappa shape index (κ3) is 5.49. The predicted molar refractivity (Wildman–Crippen MR) is 148 cm³/mol. The van der Waals surface area contributed by atoms with Crippen LogP contribution in [0.2, 0.25) is 0 Å². The van der Waals surface area contributed by atoms with Crippen LogP contribution in [0.5, 0.6) is 0 Å². The molecule has 0 spiro atoms. The van der Waals surface area contributed by atoms with Gasteiger partial charge in [0, 0.05) is 91.2 Å². The molecule has 0 saturated carbocycles. The van der Waals surface area contributed by atoms with Crippen LogP contribution >= 0.6 is 11.3 Å². The summed E-state index contributed by atoms with van der Waals surface area (Å²) in [6.07, 6.45) is 5.47. The zero-order chi connectivity index (χ0) is 25.2. The molecule has 1 unspecified atom stereocenters. The maximum Gasteiger partial charge on any atom is 0.227 e. The monoisotopic (exact) mass is 535 g/mol. The fourth-order valence-corrected chi connectivity index (χ4v) is 6.17. The Labute approximate surface area is 222 Å². The van der Waals surface area contributed by atoms with E-state index in [1.54, 1.807) is 17.6 Å². The van der Waals surface area contributed by atoms with Gasteiger partial charge in [-0.05, 0) is 25.0 Å². The van der Waals surface area contributed by atoms with Crippen molar-refractivity contribution in [2.45, 2.75) is 23.7 Å². The summed E-state index contributed by atoms with van der Waals surface area (Å²) >= 11 is 1.58. The highest BCUT2D eigenvalue weighted by Crippen LogP contribution is 2.33. The Balaban J connectivity index is 1.30. The molecule has 0 aliphatic carbocycles. The predicted octanol–water partition coefficient (Wildman–Crippen LogP) is 3.93. The van der Waals surface area contributed by atoms with Gasteiger partial charge in [0.1, 0.15) is 16.6 Å². The van der Waals surface area contributed by atoms with E-state index < -0.39 is 10.8 Å². The second-order valence-corrected chi connectivity index (χ2v) is 11.7. The van der Waals surface area contributed by atoms with E-state index in [1.165, 1.54) is 0 Å². The number of piperazine rings is 1. The highest BCUT2D eigenvalue weighted by Gasteiger charge is 2.22. The van der Waals surface area contributed by atoms with Crippen LogP contribution in [0.1, 0.15) is 24.5 Å². The van der Waals surface area contributed by atoms with Crippen molar-refractivity contribution in [3.63, 3.8) is 0 Å². The zero-order valence-electron chi connectivity index (χ0n) is 20.6. The number of rotatable bonds is 6. The highest BCUT2D eigenvalue weighted by atomic mass is 32.2. The zero-order valence-corrected chi connectivity index (χ0v) is 22.3. The maximum atomic E-state index is 11.9. The van der Waals surface area contributed by atoms with E-state index in [9.17, 15) is 4.21 Å². The Kier molecular flexibility index (Phi) is 7.10. The minimum Gasteiger partial charge on any atom is -0.381 e. The van der Waals surface area contributed by atoms with E-state index in [1.807, 2.05) is 36.5 Å². The molecule has 9 nitrogen and oxygen atoms in total. The van der Waals surface area contributed by atoms with Crippen LogP contribution in [0.4, 0.5) is 17.6 Å². The molecule has 1 aromatic carbocycles. The number of benzene rings is 1. The van der Waals surface area contributed by atoms with E-state index in [4.69, 9.17) is 19.7 Å². The summed E-state index contributed by atoms with van der Waals surface area (Å²) in [5.41, 5.74) is 2.88. The smallest absolute Gasteiger partial charge is 0.227 e. The van der Waals surface area contributed by atoms with Crippen molar-refractivity contribution in [3.05, 3.63) is 48.3 Å². The van der Waals surface area contributed by atoms with Crippen molar-refractivity contribution in [3.8, 4) is 10.6 Å². The summed E-state index contributed by atoms with van der Waals surface area (Å²) in [6, 6.07) is 11.7. The molecule has 2 fully saturated rings. The molecule has 11 heteroatoms. The molecule has 0 bridgehead atoms. The quantitative estimate of drug-likeness (QED) is 0.380. The first-order valence-electron chi connectivity index (χ1n) is 12.5. The summed E-state index contributed by atoms with van der Waals surface area (Å²) < 4.78 is 18.5. The number of hydrogen-bond donors (Lipinski definition) is 2. The van der Waals surface area contributed by atoms with Gasteiger partial charge in [0.05, 0.1) is 15.9 Å². The first-order chi connectivity index (χ1) is 18.1. The number of nitrogens with one attached hydrogen (secondary N) is 2. The molecule has 2 N–H and O–H groups in total. The standard InChI is InChI=1S/C26H29N7O2S2/c1-37(34)19-4-2-3-18(13-19)25-29-21-15-23(28-16-22(21)36-25)31-24-14-20(17-5-11-35-12-6-17)30-26(32-24)33-9-7-27-8-10-33/h2-4,13-17,27H,5-12H2,1H3,(H,28,30,31,32). The number of nitrogens with zero attached hydrogens (tertiary/aromatic N) is 5. The molecule has 6 rings (SSSR count). The van der Waals surface area contributed by atoms with Crippen molar-refractivity contribution >= 4 is 49.9 Å². The van der Waals surface area contributed by atoms with E-state index in [-0.39, 0.29) is 0 Å². The summed E-state index contributed by atoms with van der Waals surface area (Å²) in [6.45, 7) is 5.15. The van der Waals surface area contributed by atoms with Crippen molar-refractivity contribution in [1.29, 1.82) is 0 Å². The van der Waals surface area contributed by atoms with Crippen LogP contribution in [-0.4, -0.2) is 69.8 Å². The number of aromatic nitrogens is 4. The molecule has 4 aromatic rings. The number of anilines is 3. The van der Waals surface area contributed by atoms with Gasteiger partial charge in [-0.25, -0.2) is 15.0 Å². The van der Waals surface area contributed by atoms with E-state index in [0.29, 0.717) is 11.7 Å². The molecular weight excluding hydrogens is 506 g/mol. The van der Waals surface area contributed by atoms with Gasteiger partial charge in [0.25, 0.3) is 0 Å². The lowest BCUT2D eigenvalue weighted by Gasteiger charge is -2.29. The van der Waals surface area contributed by atoms with E-state index in [2.05, 4.69) is 26.6 Å². The lowest BCUT2D eigenvalue weighted by Crippen LogP contribution is -2.44. The lowest BCUT2D eigenvalue weighted by atomic mass is 9.96. The molecule has 37 heavy (non-hydrogen) atoms. The van der Waals surface area contributed by atoms with Crippen molar-refractivity contribution < 1.29 is 8.95 Å². The first-order valence-corrected chi connectivity index (χ1v) is 14.9. The minimum absolute atomic E-state index is 0.365. The Hall–Kier alpha value is -2.99. The third-order valence-corrected chi connectivity index (χ3v) is 8.69. The molecule has 192 valence electrons. The topological polar surface area (TPSA) is 105 Å². The molecule has 2 aliphatic rings. The third-order valence-electron chi connectivity index (χ3n) is 6.72. The number of thiazole rings is 1. The van der Waals surface area contributed by atoms with Crippen LogP contribution in [0.25, 0.3) is 20.8 Å². The summed E-state index contributed by atoms with van der Waals surface area (Å²) in [7, 11) is -1.04. The average Bonchev–Trinajstić information content (AvgIpc) is 3.37. The van der Waals surface area contributed by atoms with Crippen LogP contribution in [0, 0.1) is 0 Å². The highest BCUT2D eigenvalue weighted by molar-refractivity contribution is 7.84. The van der Waals surface area contributed by atoms with Crippen LogP contribution in [-0.2, 0) is 15.5 Å².